The highest BCUT2D eigenvalue weighted by Gasteiger charge is 2.21. The zero-order valence-electron chi connectivity index (χ0n) is 9.61. The summed E-state index contributed by atoms with van der Waals surface area (Å²) in [7, 11) is -9.20. The van der Waals surface area contributed by atoms with Crippen LogP contribution in [0.3, 0.4) is 0 Å². The van der Waals surface area contributed by atoms with Gasteiger partial charge in [0.15, 0.2) is 0 Å². The maximum Gasteiger partial charge on any atom is 0.295 e. The number of nitrogens with two attached hydrogens (primary N) is 1. The highest BCUT2D eigenvalue weighted by molar-refractivity contribution is 9.10. The molecule has 2 rings (SSSR count). The van der Waals surface area contributed by atoms with Gasteiger partial charge in [0, 0.05) is 20.9 Å². The van der Waals surface area contributed by atoms with E-state index in [9.17, 15) is 25.9 Å². The quantitative estimate of drug-likeness (QED) is 0.531. The Morgan fingerprint density at radius 3 is 1.80 bits per heavy atom. The predicted molar refractivity (Wildman–Crippen MR) is 75.7 cm³/mol. The van der Waals surface area contributed by atoms with Crippen molar-refractivity contribution < 1.29 is 25.9 Å². The molecule has 0 saturated carbocycles. The lowest BCUT2D eigenvalue weighted by atomic mass is 10.1. The molecule has 0 radical (unpaired) electrons. The zero-order chi connectivity index (χ0) is 15.3. The molecular weight excluding hydrogens is 374 g/mol. The average molecular weight is 382 g/mol. The van der Waals surface area contributed by atoms with Crippen LogP contribution in [0.15, 0.2) is 38.5 Å². The maximum absolute atomic E-state index is 11.4. The summed E-state index contributed by atoms with van der Waals surface area (Å²) in [6.07, 6.45) is 0. The van der Waals surface area contributed by atoms with E-state index in [2.05, 4.69) is 15.9 Å². The second kappa shape index (κ2) is 4.67. The first kappa shape index (κ1) is 15.2. The van der Waals surface area contributed by atoms with Gasteiger partial charge in [-0.2, -0.15) is 16.8 Å². The van der Waals surface area contributed by atoms with Crippen LogP contribution in [-0.4, -0.2) is 25.9 Å². The van der Waals surface area contributed by atoms with E-state index in [1.807, 2.05) is 0 Å². The molecule has 0 aromatic heterocycles. The van der Waals surface area contributed by atoms with Gasteiger partial charge in [-0.25, -0.2) is 0 Å². The lowest BCUT2D eigenvalue weighted by molar-refractivity contribution is 0.481. The van der Waals surface area contributed by atoms with Crippen LogP contribution >= 0.6 is 15.9 Å². The number of hydrogen-bond acceptors (Lipinski definition) is 5. The molecular formula is C10H8BrNO6S2. The third-order valence-electron chi connectivity index (χ3n) is 2.54. The fraction of sp³-hybridized carbons (Fsp3) is 0. The Morgan fingerprint density at radius 2 is 1.30 bits per heavy atom. The Bertz CT molecular complexity index is 843. The summed E-state index contributed by atoms with van der Waals surface area (Å²) in [6, 6.07) is 4.59. The van der Waals surface area contributed by atoms with Crippen LogP contribution in [0.25, 0.3) is 10.8 Å². The number of hydrogen-bond donors (Lipinski definition) is 3. The molecule has 0 spiro atoms. The Morgan fingerprint density at radius 1 is 0.850 bits per heavy atom. The van der Waals surface area contributed by atoms with Gasteiger partial charge in [0.05, 0.1) is 0 Å². The lowest BCUT2D eigenvalue weighted by Gasteiger charge is -2.10. The van der Waals surface area contributed by atoms with E-state index in [1.54, 1.807) is 0 Å². The molecule has 2 aromatic carbocycles. The van der Waals surface area contributed by atoms with Crippen molar-refractivity contribution in [2.24, 2.45) is 0 Å². The number of fused-ring (bicyclic) bond motifs is 1. The van der Waals surface area contributed by atoms with Crippen molar-refractivity contribution in [1.82, 2.24) is 0 Å². The summed E-state index contributed by atoms with van der Waals surface area (Å²) in [6.45, 7) is 0. The second-order valence-electron chi connectivity index (χ2n) is 3.97. The van der Waals surface area contributed by atoms with E-state index in [1.165, 1.54) is 12.1 Å². The highest BCUT2D eigenvalue weighted by Crippen LogP contribution is 2.33. The third-order valence-corrected chi connectivity index (χ3v) is 4.78. The normalized spacial score (nSPS) is 12.8. The van der Waals surface area contributed by atoms with Gasteiger partial charge in [-0.1, -0.05) is 15.9 Å². The third kappa shape index (κ3) is 2.79. The van der Waals surface area contributed by atoms with Crippen molar-refractivity contribution in [1.29, 1.82) is 0 Å². The first-order chi connectivity index (χ1) is 9.00. The molecule has 0 aliphatic heterocycles. The topological polar surface area (TPSA) is 135 Å². The second-order valence-corrected chi connectivity index (χ2v) is 7.66. The fourth-order valence-electron chi connectivity index (χ4n) is 1.81. The first-order valence-electron chi connectivity index (χ1n) is 4.98. The van der Waals surface area contributed by atoms with Crippen LogP contribution in [0.5, 0.6) is 0 Å². The molecule has 0 amide bonds. The van der Waals surface area contributed by atoms with Crippen molar-refractivity contribution in [3.8, 4) is 0 Å². The Balaban J connectivity index is 3.13. The molecule has 20 heavy (non-hydrogen) atoms. The minimum Gasteiger partial charge on any atom is -0.399 e. The number of halogens is 1. The molecule has 0 atom stereocenters. The van der Waals surface area contributed by atoms with Crippen molar-refractivity contribution in [2.45, 2.75) is 9.79 Å². The minimum atomic E-state index is -4.61. The summed E-state index contributed by atoms with van der Waals surface area (Å²) in [5, 5.41) is -0.188. The van der Waals surface area contributed by atoms with Crippen molar-refractivity contribution in [3.05, 3.63) is 28.7 Å². The van der Waals surface area contributed by atoms with Crippen molar-refractivity contribution in [3.63, 3.8) is 0 Å². The first-order valence-corrected chi connectivity index (χ1v) is 8.65. The molecule has 108 valence electrons. The van der Waals surface area contributed by atoms with E-state index in [-0.39, 0.29) is 20.9 Å². The van der Waals surface area contributed by atoms with Crippen LogP contribution in [0.2, 0.25) is 0 Å². The molecule has 2 aromatic rings. The van der Waals surface area contributed by atoms with Gasteiger partial charge in [0.2, 0.25) is 0 Å². The molecule has 10 heteroatoms. The van der Waals surface area contributed by atoms with Gasteiger partial charge >= 0.3 is 0 Å². The van der Waals surface area contributed by atoms with Crippen LogP contribution in [0.1, 0.15) is 0 Å². The van der Waals surface area contributed by atoms with Gasteiger partial charge in [-0.05, 0) is 24.3 Å². The summed E-state index contributed by atoms with van der Waals surface area (Å²) in [4.78, 5) is -1.06. The molecule has 0 unspecified atom stereocenters. The van der Waals surface area contributed by atoms with Crippen molar-refractivity contribution in [2.75, 3.05) is 5.73 Å². The summed E-state index contributed by atoms with van der Waals surface area (Å²) < 4.78 is 64.0. The Labute approximate surface area is 123 Å². The maximum atomic E-state index is 11.4. The zero-order valence-corrected chi connectivity index (χ0v) is 12.8. The van der Waals surface area contributed by atoms with Crippen molar-refractivity contribution >= 4 is 52.6 Å². The fourth-order valence-corrected chi connectivity index (χ4v) is 3.87. The molecule has 0 heterocycles. The van der Waals surface area contributed by atoms with E-state index in [0.717, 1.165) is 12.1 Å². The van der Waals surface area contributed by atoms with Gasteiger partial charge in [-0.3, -0.25) is 9.11 Å². The monoisotopic (exact) mass is 381 g/mol. The summed E-state index contributed by atoms with van der Waals surface area (Å²) in [5.74, 6) is 0. The number of rotatable bonds is 2. The largest absolute Gasteiger partial charge is 0.399 e. The molecule has 0 aliphatic carbocycles. The summed E-state index contributed by atoms with van der Waals surface area (Å²) in [5.41, 5.74) is 5.44. The number of anilines is 1. The molecule has 0 bridgehead atoms. The smallest absolute Gasteiger partial charge is 0.295 e. The molecule has 4 N–H and O–H groups in total. The van der Waals surface area contributed by atoms with E-state index in [0.29, 0.717) is 0 Å². The average Bonchev–Trinajstić information content (AvgIpc) is 2.25. The number of nitrogen functional groups attached to an aromatic ring is 1. The van der Waals surface area contributed by atoms with Gasteiger partial charge < -0.3 is 5.73 Å². The van der Waals surface area contributed by atoms with Crippen LogP contribution in [-0.2, 0) is 20.2 Å². The highest BCUT2D eigenvalue weighted by atomic mass is 79.9. The van der Waals surface area contributed by atoms with E-state index >= 15 is 0 Å². The molecule has 0 saturated heterocycles. The lowest BCUT2D eigenvalue weighted by Crippen LogP contribution is -2.04. The van der Waals surface area contributed by atoms with Crippen LogP contribution in [0.4, 0.5) is 5.69 Å². The van der Waals surface area contributed by atoms with E-state index < -0.39 is 30.0 Å². The van der Waals surface area contributed by atoms with Crippen LogP contribution in [0, 0.1) is 0 Å². The summed E-state index contributed by atoms with van der Waals surface area (Å²) >= 11 is 3.01. The Hall–Kier alpha value is -1.20. The molecule has 0 aliphatic rings. The van der Waals surface area contributed by atoms with Gasteiger partial charge in [0.25, 0.3) is 20.2 Å². The Kier molecular flexibility index (Phi) is 3.55. The van der Waals surface area contributed by atoms with E-state index in [4.69, 9.17) is 5.73 Å². The van der Waals surface area contributed by atoms with Gasteiger partial charge in [-0.15, -0.1) is 0 Å². The predicted octanol–water partition coefficient (Wildman–Crippen LogP) is 1.68. The number of benzene rings is 2. The molecule has 0 fully saturated rings. The molecule has 7 nitrogen and oxygen atoms in total. The minimum absolute atomic E-state index is 0.0719. The van der Waals surface area contributed by atoms with Gasteiger partial charge in [0.1, 0.15) is 9.79 Å². The standard InChI is InChI=1S/C10H8BrNO6S2/c11-5-1-7-8(9(2-5)19(13,14)15)3-6(12)4-10(7)20(16,17)18/h1-4H,12H2,(H,13,14,15)(H,16,17,18). The SMILES string of the molecule is Nc1cc(S(=O)(=O)O)c2cc(Br)cc(S(=O)(=O)O)c2c1. The van der Waals surface area contributed by atoms with Crippen LogP contribution < -0.4 is 5.73 Å².